The minimum atomic E-state index is 0.378. The maximum absolute atomic E-state index is 4.69. The van der Waals surface area contributed by atoms with Crippen LogP contribution in [0.5, 0.6) is 0 Å². The van der Waals surface area contributed by atoms with Crippen LogP contribution in [0.1, 0.15) is 69.8 Å². The van der Waals surface area contributed by atoms with Gasteiger partial charge in [0.25, 0.3) is 0 Å². The van der Waals surface area contributed by atoms with Crippen molar-refractivity contribution in [2.75, 3.05) is 25.0 Å². The molecule has 0 amide bonds. The Labute approximate surface area is 141 Å². The third-order valence-corrected chi connectivity index (χ3v) is 5.32. The van der Waals surface area contributed by atoms with Crippen LogP contribution in [-0.2, 0) is 0 Å². The molecule has 3 rings (SSSR count). The van der Waals surface area contributed by atoms with Crippen LogP contribution < -0.4 is 5.32 Å². The topological polar surface area (TPSA) is 41.0 Å². The van der Waals surface area contributed by atoms with Gasteiger partial charge in [-0.2, -0.15) is 0 Å². The third kappa shape index (κ3) is 4.66. The average Bonchev–Trinajstić information content (AvgIpc) is 3.01. The molecule has 23 heavy (non-hydrogen) atoms. The van der Waals surface area contributed by atoms with E-state index in [9.17, 15) is 0 Å². The van der Waals surface area contributed by atoms with Gasteiger partial charge in [-0.05, 0) is 38.5 Å². The van der Waals surface area contributed by atoms with Gasteiger partial charge in [-0.15, -0.1) is 0 Å². The molecular formula is C19H32N4. The summed E-state index contributed by atoms with van der Waals surface area (Å²) >= 11 is 0. The standard InChI is InChI=1S/C19H32N4/c1-14(2)19-20-15(3)12-18(22-19)21-17-8-10-23(11-9-17)13-16-6-4-5-7-16/h12,14,16-17H,4-11,13H2,1-3H3,(H,20,21,22). The highest BCUT2D eigenvalue weighted by molar-refractivity contribution is 5.37. The van der Waals surface area contributed by atoms with Crippen molar-refractivity contribution in [2.24, 2.45) is 5.92 Å². The van der Waals surface area contributed by atoms with Gasteiger partial charge in [0.1, 0.15) is 11.6 Å². The van der Waals surface area contributed by atoms with Crippen molar-refractivity contribution in [3.8, 4) is 0 Å². The van der Waals surface area contributed by atoms with E-state index in [1.54, 1.807) is 0 Å². The highest BCUT2D eigenvalue weighted by Crippen LogP contribution is 2.27. The zero-order valence-electron chi connectivity index (χ0n) is 15.0. The summed E-state index contributed by atoms with van der Waals surface area (Å²) in [7, 11) is 0. The van der Waals surface area contributed by atoms with Crippen LogP contribution in [0.15, 0.2) is 6.07 Å². The first kappa shape index (κ1) is 16.7. The molecule has 1 saturated heterocycles. The molecule has 0 atom stereocenters. The molecule has 1 aliphatic heterocycles. The second-order valence-corrected chi connectivity index (χ2v) is 7.78. The van der Waals surface area contributed by atoms with E-state index in [1.165, 1.54) is 58.2 Å². The smallest absolute Gasteiger partial charge is 0.133 e. The summed E-state index contributed by atoms with van der Waals surface area (Å²) in [5, 5.41) is 3.65. The van der Waals surface area contributed by atoms with Gasteiger partial charge >= 0.3 is 0 Å². The van der Waals surface area contributed by atoms with Gasteiger partial charge in [0, 0.05) is 43.4 Å². The number of rotatable bonds is 5. The molecule has 128 valence electrons. The van der Waals surface area contributed by atoms with Crippen LogP contribution in [0, 0.1) is 12.8 Å². The minimum absolute atomic E-state index is 0.378. The van der Waals surface area contributed by atoms with Gasteiger partial charge in [-0.25, -0.2) is 9.97 Å². The second kappa shape index (κ2) is 7.61. The van der Waals surface area contributed by atoms with Gasteiger partial charge < -0.3 is 10.2 Å². The highest BCUT2D eigenvalue weighted by atomic mass is 15.2. The molecule has 2 fully saturated rings. The first-order chi connectivity index (χ1) is 11.1. The van der Waals surface area contributed by atoms with Crippen LogP contribution in [0.4, 0.5) is 5.82 Å². The Hall–Kier alpha value is -1.16. The predicted octanol–water partition coefficient (Wildman–Crippen LogP) is 3.97. The molecule has 1 aliphatic carbocycles. The first-order valence-electron chi connectivity index (χ1n) is 9.44. The Bertz CT molecular complexity index is 500. The van der Waals surface area contributed by atoms with Gasteiger partial charge in [0.05, 0.1) is 0 Å². The van der Waals surface area contributed by atoms with Crippen molar-refractivity contribution in [2.45, 2.75) is 71.3 Å². The van der Waals surface area contributed by atoms with Crippen molar-refractivity contribution in [1.29, 1.82) is 0 Å². The van der Waals surface area contributed by atoms with E-state index < -0.39 is 0 Å². The zero-order chi connectivity index (χ0) is 16.2. The number of hydrogen-bond donors (Lipinski definition) is 1. The average molecular weight is 316 g/mol. The van der Waals surface area contributed by atoms with Crippen LogP contribution >= 0.6 is 0 Å². The number of nitrogens with one attached hydrogen (secondary N) is 1. The second-order valence-electron chi connectivity index (χ2n) is 7.78. The van der Waals surface area contributed by atoms with Crippen molar-refractivity contribution in [3.05, 3.63) is 17.6 Å². The molecule has 0 spiro atoms. The van der Waals surface area contributed by atoms with Crippen LogP contribution in [-0.4, -0.2) is 40.5 Å². The summed E-state index contributed by atoms with van der Waals surface area (Å²) in [6.45, 7) is 10.2. The SMILES string of the molecule is Cc1cc(NC2CCN(CC3CCCC3)CC2)nc(C(C)C)n1. The zero-order valence-corrected chi connectivity index (χ0v) is 15.0. The van der Waals surface area contributed by atoms with Crippen molar-refractivity contribution in [1.82, 2.24) is 14.9 Å². The fourth-order valence-electron chi connectivity index (χ4n) is 3.95. The lowest BCUT2D eigenvalue weighted by Gasteiger charge is -2.34. The van der Waals surface area contributed by atoms with Gasteiger partial charge in [-0.3, -0.25) is 0 Å². The number of aryl methyl sites for hydroxylation is 1. The lowest BCUT2D eigenvalue weighted by Crippen LogP contribution is -2.41. The molecule has 2 aliphatic rings. The molecule has 0 radical (unpaired) electrons. The molecule has 1 saturated carbocycles. The Morgan fingerprint density at radius 2 is 1.83 bits per heavy atom. The first-order valence-corrected chi connectivity index (χ1v) is 9.44. The molecule has 0 unspecified atom stereocenters. The number of likely N-dealkylation sites (tertiary alicyclic amines) is 1. The van der Waals surface area contributed by atoms with Crippen molar-refractivity contribution >= 4 is 5.82 Å². The van der Waals surface area contributed by atoms with E-state index in [2.05, 4.69) is 42.0 Å². The van der Waals surface area contributed by atoms with E-state index in [0.29, 0.717) is 12.0 Å². The molecule has 1 aromatic heterocycles. The molecule has 1 N–H and O–H groups in total. The Balaban J connectivity index is 1.50. The monoisotopic (exact) mass is 316 g/mol. The number of hydrogen-bond acceptors (Lipinski definition) is 4. The number of aromatic nitrogens is 2. The van der Waals surface area contributed by atoms with Crippen molar-refractivity contribution < 1.29 is 0 Å². The lowest BCUT2D eigenvalue weighted by molar-refractivity contribution is 0.189. The van der Waals surface area contributed by atoms with E-state index in [1.807, 2.05) is 0 Å². The Morgan fingerprint density at radius 3 is 2.48 bits per heavy atom. The molecule has 1 aromatic rings. The normalized spacial score (nSPS) is 21.2. The van der Waals surface area contributed by atoms with Gasteiger partial charge in [0.15, 0.2) is 0 Å². The lowest BCUT2D eigenvalue weighted by atomic mass is 10.0. The number of anilines is 1. The number of piperidine rings is 1. The van der Waals surface area contributed by atoms with E-state index in [4.69, 9.17) is 4.98 Å². The fraction of sp³-hybridized carbons (Fsp3) is 0.789. The maximum Gasteiger partial charge on any atom is 0.133 e. The summed E-state index contributed by atoms with van der Waals surface area (Å²) in [4.78, 5) is 11.9. The summed E-state index contributed by atoms with van der Waals surface area (Å²) in [5.41, 5.74) is 1.06. The largest absolute Gasteiger partial charge is 0.367 e. The fourth-order valence-corrected chi connectivity index (χ4v) is 3.95. The third-order valence-electron chi connectivity index (χ3n) is 5.32. The molecule has 0 aromatic carbocycles. The van der Waals surface area contributed by atoms with Crippen molar-refractivity contribution in [3.63, 3.8) is 0 Å². The Morgan fingerprint density at radius 1 is 1.13 bits per heavy atom. The molecule has 4 heteroatoms. The Kier molecular flexibility index (Phi) is 5.52. The van der Waals surface area contributed by atoms with E-state index in [-0.39, 0.29) is 0 Å². The molecule has 2 heterocycles. The summed E-state index contributed by atoms with van der Waals surface area (Å²) in [5.74, 6) is 3.31. The summed E-state index contributed by atoms with van der Waals surface area (Å²) in [6.07, 6.45) is 8.27. The number of nitrogens with zero attached hydrogens (tertiary/aromatic N) is 3. The van der Waals surface area contributed by atoms with E-state index >= 15 is 0 Å². The summed E-state index contributed by atoms with van der Waals surface area (Å²) < 4.78 is 0. The van der Waals surface area contributed by atoms with Crippen LogP contribution in [0.3, 0.4) is 0 Å². The minimum Gasteiger partial charge on any atom is -0.367 e. The van der Waals surface area contributed by atoms with Crippen LogP contribution in [0.25, 0.3) is 0 Å². The highest BCUT2D eigenvalue weighted by Gasteiger charge is 2.23. The van der Waals surface area contributed by atoms with Gasteiger partial charge in [0.2, 0.25) is 0 Å². The maximum atomic E-state index is 4.69. The quantitative estimate of drug-likeness (QED) is 0.892. The molecule has 0 bridgehead atoms. The van der Waals surface area contributed by atoms with Gasteiger partial charge in [-0.1, -0.05) is 26.7 Å². The predicted molar refractivity (Wildman–Crippen MR) is 95.9 cm³/mol. The summed E-state index contributed by atoms with van der Waals surface area (Å²) in [6, 6.07) is 2.64. The van der Waals surface area contributed by atoms with E-state index in [0.717, 1.165) is 23.3 Å². The molecule has 4 nitrogen and oxygen atoms in total. The van der Waals surface area contributed by atoms with Crippen LogP contribution in [0.2, 0.25) is 0 Å². The molecular weight excluding hydrogens is 284 g/mol.